The van der Waals surface area contributed by atoms with Crippen LogP contribution in [0.2, 0.25) is 0 Å². The van der Waals surface area contributed by atoms with Gasteiger partial charge in [0.1, 0.15) is 17.4 Å². The summed E-state index contributed by atoms with van der Waals surface area (Å²) in [5.74, 6) is -0.0168. The normalized spacial score (nSPS) is 13.2. The predicted molar refractivity (Wildman–Crippen MR) is 279 cm³/mol. The van der Waals surface area contributed by atoms with E-state index in [0.29, 0.717) is 11.4 Å². The van der Waals surface area contributed by atoms with E-state index in [1.807, 2.05) is 6.20 Å². The number of aromatic hydroxyl groups is 1. The number of pyridine rings is 1. The van der Waals surface area contributed by atoms with Crippen LogP contribution in [0, 0.1) is 5.82 Å². The van der Waals surface area contributed by atoms with Gasteiger partial charge in [0.2, 0.25) is 0 Å². The van der Waals surface area contributed by atoms with Gasteiger partial charge in [0.05, 0.1) is 22.3 Å². The highest BCUT2D eigenvalue weighted by Crippen LogP contribution is 2.42. The third-order valence-electron chi connectivity index (χ3n) is 12.9. The summed E-state index contributed by atoms with van der Waals surface area (Å²) < 4.78 is 17.2. The van der Waals surface area contributed by atoms with Crippen molar-refractivity contribution in [3.63, 3.8) is 0 Å². The molecule has 0 aliphatic rings. The first-order chi connectivity index (χ1) is 30.5. The molecule has 66 heavy (non-hydrogen) atoms. The molecule has 5 aromatic carbocycles. The monoisotopic (exact) mass is 883 g/mol. The summed E-state index contributed by atoms with van der Waals surface area (Å²) in [5, 5.41) is 11.3. The number of nitrogens with zero attached hydrogens (tertiary/aromatic N) is 4. The third-order valence-corrected chi connectivity index (χ3v) is 12.9. The molecule has 0 aliphatic carbocycles. The molecule has 0 spiro atoms. The molecule has 0 amide bonds. The molecule has 2 aromatic heterocycles. The molecular formula is C60H71FN4O. The first kappa shape index (κ1) is 47.9. The number of fused-ring (bicyclic) bond motifs is 1. The summed E-state index contributed by atoms with van der Waals surface area (Å²) in [5.41, 5.74) is 15.7. The molecule has 344 valence electrons. The minimum absolute atomic E-state index is 0.0162. The number of hydrogen-bond donors (Lipinski definition) is 1. The number of imidazole rings is 1. The van der Waals surface area contributed by atoms with E-state index in [9.17, 15) is 5.11 Å². The number of anilines is 1. The molecule has 0 fully saturated rings. The summed E-state index contributed by atoms with van der Waals surface area (Å²) in [4.78, 5) is 12.6. The van der Waals surface area contributed by atoms with E-state index >= 15 is 4.39 Å². The lowest BCUT2D eigenvalue weighted by atomic mass is 9.80. The molecule has 1 N–H and O–H groups in total. The lowest BCUT2D eigenvalue weighted by Gasteiger charge is -2.28. The number of benzene rings is 5. The van der Waals surface area contributed by atoms with Gasteiger partial charge in [-0.05, 0) is 151 Å². The van der Waals surface area contributed by atoms with Crippen molar-refractivity contribution in [2.24, 2.45) is 0 Å². The van der Waals surface area contributed by atoms with Crippen molar-refractivity contribution in [1.29, 1.82) is 0 Å². The smallest absolute Gasteiger partial charge is 0.149 e. The number of allylic oxidation sites excluding steroid dienone is 1. The standard InChI is InChI=1S/C60H71FN4O/c1-37(36-64(17)47-31-42(57(5,6)7)29-43(32-47)58(8,9)10)38-23-24-62-51(28-38)40-25-39(26-41(27-40)56(2,3)4)49-19-18-20-52-54(49)63-55(50-35-46(61)21-22-53(50)66)65(52)48-33-44(59(11,12)13)30-45(34-48)60(14,15)16/h18-36,66H,1-17H3/b37-36-. The van der Waals surface area contributed by atoms with Gasteiger partial charge in [0, 0.05) is 41.9 Å². The Balaban J connectivity index is 1.40. The minimum atomic E-state index is -0.446. The number of phenols is 1. The van der Waals surface area contributed by atoms with Crippen LogP contribution >= 0.6 is 0 Å². The summed E-state index contributed by atoms with van der Waals surface area (Å²) in [6, 6.07) is 35.0. The fourth-order valence-corrected chi connectivity index (χ4v) is 8.39. The summed E-state index contributed by atoms with van der Waals surface area (Å²) >= 11 is 0. The molecule has 0 aliphatic heterocycles. The lowest BCUT2D eigenvalue weighted by molar-refractivity contribution is 0.474. The number of para-hydroxylation sites is 1. The van der Waals surface area contributed by atoms with E-state index in [1.54, 1.807) is 0 Å². The molecule has 0 atom stereocenters. The van der Waals surface area contributed by atoms with Crippen LogP contribution in [0.25, 0.3) is 56.1 Å². The highest BCUT2D eigenvalue weighted by molar-refractivity contribution is 5.97. The van der Waals surface area contributed by atoms with Crippen molar-refractivity contribution in [3.8, 4) is 45.2 Å². The second-order valence-electron chi connectivity index (χ2n) is 23.5. The van der Waals surface area contributed by atoms with Crippen molar-refractivity contribution in [1.82, 2.24) is 14.5 Å². The van der Waals surface area contributed by atoms with Crippen LogP contribution in [0.4, 0.5) is 10.1 Å². The second kappa shape index (κ2) is 17.0. The topological polar surface area (TPSA) is 54.2 Å². The Bertz CT molecular complexity index is 2920. The molecule has 5 nitrogen and oxygen atoms in total. The molecule has 0 unspecified atom stereocenters. The van der Waals surface area contributed by atoms with Crippen LogP contribution in [0.15, 0.2) is 116 Å². The minimum Gasteiger partial charge on any atom is -0.507 e. The second-order valence-corrected chi connectivity index (χ2v) is 23.5. The predicted octanol–water partition coefficient (Wildman–Crippen LogP) is 16.3. The van der Waals surface area contributed by atoms with Gasteiger partial charge in [0.25, 0.3) is 0 Å². The highest BCUT2D eigenvalue weighted by atomic mass is 19.1. The van der Waals surface area contributed by atoms with E-state index in [4.69, 9.17) is 9.97 Å². The Labute approximate surface area is 394 Å². The largest absolute Gasteiger partial charge is 0.507 e. The van der Waals surface area contributed by atoms with E-state index in [-0.39, 0.29) is 32.8 Å². The zero-order chi connectivity index (χ0) is 48.5. The van der Waals surface area contributed by atoms with Crippen LogP contribution in [0.3, 0.4) is 0 Å². The Morgan fingerprint density at radius 1 is 0.591 bits per heavy atom. The van der Waals surface area contributed by atoms with Gasteiger partial charge >= 0.3 is 0 Å². The summed E-state index contributed by atoms with van der Waals surface area (Å²) in [6.45, 7) is 35.8. The zero-order valence-corrected chi connectivity index (χ0v) is 42.6. The SMILES string of the molecule is C/C(=C/N(C)c1cc(C(C)(C)C)cc(C(C)(C)C)c1)c1ccnc(-c2cc(-c3cccc4c3nc(-c3cc(F)ccc3O)n4-c3cc(C(C)(C)C)cc(C(C)(C)C)c3)cc(C(C)(C)C)c2)c1. The molecular weight excluding hydrogens is 812 g/mol. The van der Waals surface area contributed by atoms with Gasteiger partial charge < -0.3 is 10.0 Å². The third kappa shape index (κ3) is 10.0. The number of hydrogen-bond acceptors (Lipinski definition) is 4. The maximum Gasteiger partial charge on any atom is 0.149 e. The number of phenolic OH excluding ortho intramolecular Hbond substituents is 1. The van der Waals surface area contributed by atoms with Crippen LogP contribution in [0.1, 0.15) is 144 Å². The summed E-state index contributed by atoms with van der Waals surface area (Å²) in [6.07, 6.45) is 4.12. The first-order valence-electron chi connectivity index (χ1n) is 23.4. The molecule has 0 bridgehead atoms. The van der Waals surface area contributed by atoms with Crippen LogP contribution in [-0.4, -0.2) is 26.7 Å². The number of aromatic nitrogens is 3. The molecule has 0 saturated heterocycles. The molecule has 2 heterocycles. The van der Waals surface area contributed by atoms with Gasteiger partial charge in [-0.2, -0.15) is 0 Å². The van der Waals surface area contributed by atoms with Crippen LogP contribution < -0.4 is 4.90 Å². The van der Waals surface area contributed by atoms with Crippen LogP contribution in [0.5, 0.6) is 5.75 Å². The maximum atomic E-state index is 15.1. The Hall–Kier alpha value is -6.01. The van der Waals surface area contributed by atoms with E-state index in [0.717, 1.165) is 61.5 Å². The van der Waals surface area contributed by atoms with Gasteiger partial charge in [-0.3, -0.25) is 9.55 Å². The van der Waals surface area contributed by atoms with Crippen LogP contribution in [-0.2, 0) is 27.1 Å². The highest BCUT2D eigenvalue weighted by Gasteiger charge is 2.27. The molecule has 0 saturated carbocycles. The summed E-state index contributed by atoms with van der Waals surface area (Å²) in [7, 11) is 2.13. The quantitative estimate of drug-likeness (QED) is 0.173. The molecule has 6 heteroatoms. The van der Waals surface area contributed by atoms with Crippen molar-refractivity contribution in [2.75, 3.05) is 11.9 Å². The van der Waals surface area contributed by atoms with Crippen molar-refractivity contribution in [2.45, 2.75) is 138 Å². The molecule has 0 radical (unpaired) electrons. The lowest BCUT2D eigenvalue weighted by Crippen LogP contribution is -2.19. The van der Waals surface area contributed by atoms with E-state index < -0.39 is 5.82 Å². The average molecular weight is 883 g/mol. The Kier molecular flexibility index (Phi) is 12.4. The fourth-order valence-electron chi connectivity index (χ4n) is 8.39. The first-order valence-corrected chi connectivity index (χ1v) is 23.4. The molecule has 7 aromatic rings. The van der Waals surface area contributed by atoms with E-state index in [2.05, 4.69) is 218 Å². The van der Waals surface area contributed by atoms with Gasteiger partial charge in [-0.25, -0.2) is 9.37 Å². The van der Waals surface area contributed by atoms with Gasteiger partial charge in [-0.15, -0.1) is 0 Å². The Morgan fingerprint density at radius 3 is 1.68 bits per heavy atom. The molecule has 7 rings (SSSR count). The maximum absolute atomic E-state index is 15.1. The Morgan fingerprint density at radius 2 is 1.12 bits per heavy atom. The van der Waals surface area contributed by atoms with Crippen molar-refractivity contribution in [3.05, 3.63) is 155 Å². The van der Waals surface area contributed by atoms with Gasteiger partial charge in [0.15, 0.2) is 0 Å². The van der Waals surface area contributed by atoms with E-state index in [1.165, 1.54) is 40.5 Å². The fraction of sp³-hybridized carbons (Fsp3) is 0.367. The van der Waals surface area contributed by atoms with Crippen molar-refractivity contribution >= 4 is 22.3 Å². The zero-order valence-electron chi connectivity index (χ0n) is 42.6. The van der Waals surface area contributed by atoms with Crippen molar-refractivity contribution < 1.29 is 9.50 Å². The number of rotatable bonds is 7. The average Bonchev–Trinajstić information content (AvgIpc) is 3.62. The number of halogens is 1. The van der Waals surface area contributed by atoms with Gasteiger partial charge in [-0.1, -0.05) is 134 Å².